The molecule has 0 unspecified atom stereocenters. The molecule has 7 heteroatoms. The van der Waals surface area contributed by atoms with Crippen molar-refractivity contribution in [1.29, 1.82) is 0 Å². The first-order valence-corrected chi connectivity index (χ1v) is 11.7. The second-order valence-electron chi connectivity index (χ2n) is 9.08. The number of carbonyl (C=O) groups excluding carboxylic acids is 1. The summed E-state index contributed by atoms with van der Waals surface area (Å²) in [4.78, 5) is 31.0. The number of likely N-dealkylation sites (tertiary alicyclic amines) is 1. The van der Waals surface area contributed by atoms with Crippen molar-refractivity contribution in [3.63, 3.8) is 0 Å². The molecule has 0 saturated carbocycles. The van der Waals surface area contributed by atoms with E-state index in [0.717, 1.165) is 61.4 Å². The van der Waals surface area contributed by atoms with E-state index in [0.29, 0.717) is 12.5 Å². The molecule has 1 atom stereocenters. The highest BCUT2D eigenvalue weighted by Crippen LogP contribution is 2.31. The summed E-state index contributed by atoms with van der Waals surface area (Å²) in [5.74, 6) is 0.899. The van der Waals surface area contributed by atoms with E-state index in [9.17, 15) is 4.79 Å². The molecule has 1 N–H and O–H groups in total. The van der Waals surface area contributed by atoms with Crippen LogP contribution in [0.25, 0.3) is 0 Å². The van der Waals surface area contributed by atoms with Gasteiger partial charge >= 0.3 is 0 Å². The molecule has 1 amide bonds. The first kappa shape index (κ1) is 21.4. The molecule has 1 fully saturated rings. The van der Waals surface area contributed by atoms with Gasteiger partial charge in [0.25, 0.3) is 5.91 Å². The Morgan fingerprint density at radius 2 is 1.94 bits per heavy atom. The first-order valence-electron chi connectivity index (χ1n) is 11.7. The number of benzene rings is 1. The minimum Gasteiger partial charge on any atom is -0.374 e. The van der Waals surface area contributed by atoms with Gasteiger partial charge in [0.05, 0.1) is 0 Å². The van der Waals surface area contributed by atoms with Crippen molar-refractivity contribution in [3.05, 3.63) is 71.3 Å². The summed E-state index contributed by atoms with van der Waals surface area (Å²) in [6.07, 6.45) is 7.61. The molecule has 3 aromatic rings. The number of piperidine rings is 1. The maximum absolute atomic E-state index is 13.4. The lowest BCUT2D eigenvalue weighted by atomic mass is 9.93. The quantitative estimate of drug-likeness (QED) is 0.648. The Bertz CT molecular complexity index is 1150. The van der Waals surface area contributed by atoms with Crippen molar-refractivity contribution >= 4 is 23.2 Å². The van der Waals surface area contributed by atoms with E-state index >= 15 is 0 Å². The normalized spacial score (nSPS) is 18.1. The van der Waals surface area contributed by atoms with Gasteiger partial charge in [0.1, 0.15) is 0 Å². The number of aromatic nitrogens is 3. The van der Waals surface area contributed by atoms with Crippen LogP contribution in [0.2, 0.25) is 0 Å². The molecule has 0 bridgehead atoms. The number of anilines is 3. The van der Waals surface area contributed by atoms with Gasteiger partial charge in [0.2, 0.25) is 5.95 Å². The summed E-state index contributed by atoms with van der Waals surface area (Å²) in [6, 6.07) is 12.0. The van der Waals surface area contributed by atoms with Crippen LogP contribution in [0.3, 0.4) is 0 Å². The average Bonchev–Trinajstić information content (AvgIpc) is 2.84. The molecule has 170 valence electrons. The maximum atomic E-state index is 13.4. The third-order valence-electron chi connectivity index (χ3n) is 6.60. The summed E-state index contributed by atoms with van der Waals surface area (Å²) < 4.78 is 0. The van der Waals surface area contributed by atoms with Gasteiger partial charge in [-0.1, -0.05) is 0 Å². The average molecular weight is 443 g/mol. The van der Waals surface area contributed by atoms with E-state index in [1.165, 1.54) is 11.3 Å². The van der Waals surface area contributed by atoms with Crippen LogP contribution in [0.5, 0.6) is 0 Å². The Labute approximate surface area is 194 Å². The zero-order chi connectivity index (χ0) is 22.8. The number of hydrogen-bond donors (Lipinski definition) is 1. The second kappa shape index (κ2) is 9.17. The molecule has 5 rings (SSSR count). The van der Waals surface area contributed by atoms with Crippen molar-refractivity contribution in [2.75, 3.05) is 36.9 Å². The van der Waals surface area contributed by atoms with Crippen LogP contribution in [-0.4, -0.2) is 52.4 Å². The van der Waals surface area contributed by atoms with E-state index in [1.54, 1.807) is 18.5 Å². The lowest BCUT2D eigenvalue weighted by Gasteiger charge is -2.33. The fourth-order valence-electron chi connectivity index (χ4n) is 4.97. The Hall–Kier alpha value is -3.48. The predicted molar refractivity (Wildman–Crippen MR) is 130 cm³/mol. The van der Waals surface area contributed by atoms with Gasteiger partial charge in [-0.15, -0.1) is 0 Å². The Morgan fingerprint density at radius 3 is 2.79 bits per heavy atom. The lowest BCUT2D eigenvalue weighted by Crippen LogP contribution is -2.39. The Morgan fingerprint density at radius 1 is 1.09 bits per heavy atom. The molecule has 33 heavy (non-hydrogen) atoms. The number of pyridine rings is 1. The van der Waals surface area contributed by atoms with Crippen LogP contribution >= 0.6 is 0 Å². The SMILES string of the molecule is Cc1cc(Nc2ncccn2)cc([C@@H]2CCCN(C(=O)c3ccc4c(c3)CCCN4C)C2)n1. The van der Waals surface area contributed by atoms with E-state index in [2.05, 4.69) is 45.4 Å². The number of rotatable bonds is 4. The smallest absolute Gasteiger partial charge is 0.253 e. The highest BCUT2D eigenvalue weighted by atomic mass is 16.2. The third kappa shape index (κ3) is 4.67. The minimum absolute atomic E-state index is 0.124. The molecule has 0 aliphatic carbocycles. The van der Waals surface area contributed by atoms with Crippen LogP contribution in [0, 0.1) is 6.92 Å². The van der Waals surface area contributed by atoms with Gasteiger partial charge in [0, 0.05) is 73.3 Å². The standard InChI is InChI=1S/C26H30N6O/c1-18-14-22(30-26-27-10-5-11-28-26)16-23(29-18)21-7-4-13-32(17-21)25(33)20-8-9-24-19(15-20)6-3-12-31(24)2/h5,8-11,14-16,21H,3-4,6-7,12-13,17H2,1-2H3,(H,27,28,29,30)/t21-/m1/s1. The van der Waals surface area contributed by atoms with E-state index in [1.807, 2.05) is 24.0 Å². The Balaban J connectivity index is 1.33. The van der Waals surface area contributed by atoms with Gasteiger partial charge in [-0.3, -0.25) is 9.78 Å². The van der Waals surface area contributed by atoms with E-state index in [4.69, 9.17) is 4.98 Å². The molecule has 2 aliphatic heterocycles. The van der Waals surface area contributed by atoms with Gasteiger partial charge in [-0.05, 0) is 74.6 Å². The fourth-order valence-corrected chi connectivity index (χ4v) is 4.97. The number of amides is 1. The highest BCUT2D eigenvalue weighted by molar-refractivity contribution is 5.95. The molecule has 0 spiro atoms. The maximum Gasteiger partial charge on any atom is 0.253 e. The van der Waals surface area contributed by atoms with Gasteiger partial charge in [-0.25, -0.2) is 9.97 Å². The van der Waals surface area contributed by atoms with Crippen molar-refractivity contribution in [1.82, 2.24) is 19.9 Å². The summed E-state index contributed by atoms with van der Waals surface area (Å²) >= 11 is 0. The number of hydrogen-bond acceptors (Lipinski definition) is 6. The minimum atomic E-state index is 0.124. The molecular weight excluding hydrogens is 412 g/mol. The number of nitrogens with zero attached hydrogens (tertiary/aromatic N) is 5. The summed E-state index contributed by atoms with van der Waals surface area (Å²) in [7, 11) is 2.12. The number of carbonyl (C=O) groups is 1. The van der Waals surface area contributed by atoms with Crippen molar-refractivity contribution in [2.24, 2.45) is 0 Å². The molecule has 7 nitrogen and oxygen atoms in total. The molecule has 0 radical (unpaired) electrons. The first-order chi connectivity index (χ1) is 16.1. The van der Waals surface area contributed by atoms with Gasteiger partial charge in [0.15, 0.2) is 0 Å². The summed E-state index contributed by atoms with van der Waals surface area (Å²) in [5, 5.41) is 3.27. The fraction of sp³-hybridized carbons (Fsp3) is 0.385. The molecule has 2 aromatic heterocycles. The molecule has 1 saturated heterocycles. The second-order valence-corrected chi connectivity index (χ2v) is 9.08. The largest absolute Gasteiger partial charge is 0.374 e. The number of fused-ring (bicyclic) bond motifs is 1. The van der Waals surface area contributed by atoms with Gasteiger partial charge < -0.3 is 15.1 Å². The molecular formula is C26H30N6O. The lowest BCUT2D eigenvalue weighted by molar-refractivity contribution is 0.0706. The van der Waals surface area contributed by atoms with Crippen molar-refractivity contribution < 1.29 is 4.79 Å². The van der Waals surface area contributed by atoms with Crippen LogP contribution in [0.4, 0.5) is 17.3 Å². The van der Waals surface area contributed by atoms with E-state index in [-0.39, 0.29) is 11.8 Å². The highest BCUT2D eigenvalue weighted by Gasteiger charge is 2.27. The van der Waals surface area contributed by atoms with Crippen molar-refractivity contribution in [3.8, 4) is 0 Å². The van der Waals surface area contributed by atoms with Crippen LogP contribution < -0.4 is 10.2 Å². The van der Waals surface area contributed by atoms with Crippen LogP contribution in [-0.2, 0) is 6.42 Å². The summed E-state index contributed by atoms with van der Waals surface area (Å²) in [5.41, 5.74) is 6.20. The number of nitrogens with one attached hydrogen (secondary N) is 1. The molecule has 4 heterocycles. The van der Waals surface area contributed by atoms with E-state index < -0.39 is 0 Å². The third-order valence-corrected chi connectivity index (χ3v) is 6.60. The van der Waals surface area contributed by atoms with Crippen LogP contribution in [0.1, 0.15) is 52.5 Å². The van der Waals surface area contributed by atoms with Gasteiger partial charge in [-0.2, -0.15) is 0 Å². The molecule has 2 aliphatic rings. The Kier molecular flexibility index (Phi) is 5.94. The zero-order valence-electron chi connectivity index (χ0n) is 19.3. The monoisotopic (exact) mass is 442 g/mol. The van der Waals surface area contributed by atoms with Crippen LogP contribution in [0.15, 0.2) is 48.8 Å². The summed E-state index contributed by atoms with van der Waals surface area (Å²) in [6.45, 7) is 4.55. The number of aryl methyl sites for hydroxylation is 2. The molecule has 1 aromatic carbocycles. The zero-order valence-corrected chi connectivity index (χ0v) is 19.3. The topological polar surface area (TPSA) is 74.2 Å². The predicted octanol–water partition coefficient (Wildman–Crippen LogP) is 4.33. The van der Waals surface area contributed by atoms with Crippen molar-refractivity contribution in [2.45, 2.75) is 38.5 Å².